The molecule has 1 aliphatic heterocycles. The molecule has 1 aromatic carbocycles. The highest BCUT2D eigenvalue weighted by atomic mass is 35.5. The molecule has 3 rings (SSSR count). The molecule has 1 unspecified atom stereocenters. The Labute approximate surface area is 160 Å². The van der Waals surface area contributed by atoms with Gasteiger partial charge in [-0.25, -0.2) is 9.97 Å². The third-order valence-electron chi connectivity index (χ3n) is 4.49. The van der Waals surface area contributed by atoms with Gasteiger partial charge in [0.25, 0.3) is 0 Å². The molecule has 142 valence electrons. The molecule has 0 spiro atoms. The number of nitrogens with two attached hydrogens (primary N) is 1. The molecule has 0 amide bonds. The summed E-state index contributed by atoms with van der Waals surface area (Å²) in [7, 11) is 0. The van der Waals surface area contributed by atoms with Crippen LogP contribution in [0.4, 0.5) is 5.95 Å². The quantitative estimate of drug-likeness (QED) is 0.666. The summed E-state index contributed by atoms with van der Waals surface area (Å²) in [5, 5.41) is 13.8. The minimum atomic E-state index is 0. The van der Waals surface area contributed by atoms with Gasteiger partial charge in [0.15, 0.2) is 0 Å². The largest absolute Gasteiger partial charge is 0.507 e. The number of hydrogen-bond acceptors (Lipinski definition) is 6. The number of nitrogen functional groups attached to an aromatic ring is 1. The Morgan fingerprint density at radius 3 is 2.92 bits per heavy atom. The summed E-state index contributed by atoms with van der Waals surface area (Å²) in [5.74, 6) is 1.30. The van der Waals surface area contributed by atoms with E-state index in [1.807, 2.05) is 12.1 Å². The number of piperidine rings is 1. The van der Waals surface area contributed by atoms with Crippen LogP contribution in [0.1, 0.15) is 44.2 Å². The molecule has 4 N–H and O–H groups in total. The normalized spacial score (nSPS) is 16.7. The van der Waals surface area contributed by atoms with Crippen molar-refractivity contribution in [1.29, 1.82) is 0 Å². The van der Waals surface area contributed by atoms with E-state index >= 15 is 0 Å². The highest BCUT2D eigenvalue weighted by molar-refractivity contribution is 5.85. The van der Waals surface area contributed by atoms with Gasteiger partial charge in [0.2, 0.25) is 5.95 Å². The van der Waals surface area contributed by atoms with Crippen molar-refractivity contribution in [3.8, 4) is 22.8 Å². The second-order valence-electron chi connectivity index (χ2n) is 6.43. The average Bonchev–Trinajstić information content (AvgIpc) is 2.62. The fraction of sp³-hybridized carbons (Fsp3) is 0.474. The van der Waals surface area contributed by atoms with Crippen molar-refractivity contribution in [2.24, 2.45) is 0 Å². The summed E-state index contributed by atoms with van der Waals surface area (Å²) in [6.07, 6.45) is 4.20. The van der Waals surface area contributed by atoms with Gasteiger partial charge >= 0.3 is 0 Å². The van der Waals surface area contributed by atoms with Crippen LogP contribution in [0.2, 0.25) is 0 Å². The van der Waals surface area contributed by atoms with Gasteiger partial charge in [0, 0.05) is 12.5 Å². The molecule has 7 heteroatoms. The average molecular weight is 379 g/mol. The van der Waals surface area contributed by atoms with E-state index in [9.17, 15) is 5.11 Å². The Kier molecular flexibility index (Phi) is 7.48. The number of anilines is 1. The number of nitrogens with zero attached hydrogens (tertiary/aromatic N) is 2. The first kappa shape index (κ1) is 20.3. The molecule has 0 saturated carbocycles. The molecule has 6 nitrogen and oxygen atoms in total. The number of benzene rings is 1. The maximum absolute atomic E-state index is 10.4. The Balaban J connectivity index is 0.00000243. The number of hydrogen-bond donors (Lipinski definition) is 3. The number of nitrogens with one attached hydrogen (secondary N) is 1. The van der Waals surface area contributed by atoms with Crippen molar-refractivity contribution in [1.82, 2.24) is 15.3 Å². The first-order chi connectivity index (χ1) is 12.2. The van der Waals surface area contributed by atoms with Gasteiger partial charge < -0.3 is 20.9 Å². The molecule has 0 bridgehead atoms. The van der Waals surface area contributed by atoms with Gasteiger partial charge in [-0.05, 0) is 44.0 Å². The van der Waals surface area contributed by atoms with E-state index < -0.39 is 0 Å². The van der Waals surface area contributed by atoms with E-state index in [0.29, 0.717) is 29.5 Å². The monoisotopic (exact) mass is 378 g/mol. The zero-order chi connectivity index (χ0) is 17.6. The van der Waals surface area contributed by atoms with Crippen LogP contribution in [-0.2, 0) is 0 Å². The molecule has 1 aromatic heterocycles. The van der Waals surface area contributed by atoms with Gasteiger partial charge in [0.05, 0.1) is 23.6 Å². The number of aromatic hydroxyl groups is 1. The smallest absolute Gasteiger partial charge is 0.220 e. The summed E-state index contributed by atoms with van der Waals surface area (Å²) in [6.45, 7) is 4.64. The Morgan fingerprint density at radius 2 is 2.19 bits per heavy atom. The lowest BCUT2D eigenvalue weighted by molar-refractivity contribution is 0.309. The summed E-state index contributed by atoms with van der Waals surface area (Å²) in [5.41, 5.74) is 8.06. The lowest BCUT2D eigenvalue weighted by Crippen LogP contribution is -2.29. The molecule has 1 saturated heterocycles. The standard InChI is InChI=1S/C19H26N4O2.ClH/c1-2-3-10-25-17-8-4-7-16(24)18(17)15-11-14(22-19(20)23-15)13-6-5-9-21-12-13;/h4,7-8,11,13,21,24H,2-3,5-6,9-10,12H2,1H3,(H2,20,22,23);1H. The Bertz CT molecular complexity index is 721. The molecule has 2 aromatic rings. The predicted molar refractivity (Wildman–Crippen MR) is 106 cm³/mol. The van der Waals surface area contributed by atoms with Crippen LogP contribution in [0.3, 0.4) is 0 Å². The van der Waals surface area contributed by atoms with Crippen molar-refractivity contribution in [2.75, 3.05) is 25.4 Å². The van der Waals surface area contributed by atoms with Gasteiger partial charge in [-0.3, -0.25) is 0 Å². The molecule has 1 atom stereocenters. The molecule has 1 fully saturated rings. The van der Waals surface area contributed by atoms with Gasteiger partial charge in [-0.15, -0.1) is 12.4 Å². The van der Waals surface area contributed by atoms with Crippen molar-refractivity contribution in [3.63, 3.8) is 0 Å². The highest BCUT2D eigenvalue weighted by Gasteiger charge is 2.20. The second-order valence-corrected chi connectivity index (χ2v) is 6.43. The molecule has 0 radical (unpaired) electrons. The van der Waals surface area contributed by atoms with Crippen LogP contribution in [0.25, 0.3) is 11.3 Å². The number of phenols is 1. The van der Waals surface area contributed by atoms with E-state index in [2.05, 4.69) is 22.2 Å². The fourth-order valence-corrected chi connectivity index (χ4v) is 3.15. The summed E-state index contributed by atoms with van der Waals surface area (Å²) in [6, 6.07) is 7.19. The lowest BCUT2D eigenvalue weighted by atomic mass is 9.95. The molecule has 1 aliphatic rings. The number of unbranched alkanes of at least 4 members (excludes halogenated alkanes) is 1. The first-order valence-electron chi connectivity index (χ1n) is 8.99. The van der Waals surface area contributed by atoms with Crippen molar-refractivity contribution in [3.05, 3.63) is 30.0 Å². The fourth-order valence-electron chi connectivity index (χ4n) is 3.15. The summed E-state index contributed by atoms with van der Waals surface area (Å²) in [4.78, 5) is 8.78. The summed E-state index contributed by atoms with van der Waals surface area (Å²) >= 11 is 0. The molecule has 26 heavy (non-hydrogen) atoms. The van der Waals surface area contributed by atoms with Crippen LogP contribution in [0.5, 0.6) is 11.5 Å². The third kappa shape index (κ3) is 4.77. The molecular weight excluding hydrogens is 352 g/mol. The summed E-state index contributed by atoms with van der Waals surface area (Å²) < 4.78 is 5.86. The maximum Gasteiger partial charge on any atom is 0.220 e. The van der Waals surface area contributed by atoms with E-state index in [-0.39, 0.29) is 24.1 Å². The zero-order valence-corrected chi connectivity index (χ0v) is 15.9. The van der Waals surface area contributed by atoms with Gasteiger partial charge in [0.1, 0.15) is 11.5 Å². The van der Waals surface area contributed by atoms with Crippen LogP contribution < -0.4 is 15.8 Å². The predicted octanol–water partition coefficient (Wildman–Crippen LogP) is 3.50. The molecular formula is C19H27ClN4O2. The van der Waals surface area contributed by atoms with Crippen molar-refractivity contribution < 1.29 is 9.84 Å². The number of aromatic nitrogens is 2. The first-order valence-corrected chi connectivity index (χ1v) is 8.99. The highest BCUT2D eigenvalue weighted by Crippen LogP contribution is 2.38. The lowest BCUT2D eigenvalue weighted by Gasteiger charge is -2.23. The van der Waals surface area contributed by atoms with E-state index in [0.717, 1.165) is 44.5 Å². The van der Waals surface area contributed by atoms with Gasteiger partial charge in [-0.1, -0.05) is 19.4 Å². The van der Waals surface area contributed by atoms with Crippen molar-refractivity contribution >= 4 is 18.4 Å². The number of rotatable bonds is 6. The Morgan fingerprint density at radius 1 is 1.35 bits per heavy atom. The SMILES string of the molecule is CCCCOc1cccc(O)c1-c1cc(C2CCCNC2)nc(N)n1.Cl. The third-order valence-corrected chi connectivity index (χ3v) is 4.49. The minimum absolute atomic E-state index is 0. The van der Waals surface area contributed by atoms with Gasteiger partial charge in [-0.2, -0.15) is 0 Å². The second kappa shape index (κ2) is 9.59. The number of halogens is 1. The van der Waals surface area contributed by atoms with Crippen LogP contribution in [0.15, 0.2) is 24.3 Å². The minimum Gasteiger partial charge on any atom is -0.507 e. The topological polar surface area (TPSA) is 93.3 Å². The van der Waals surface area contributed by atoms with E-state index in [1.54, 1.807) is 12.1 Å². The van der Waals surface area contributed by atoms with Crippen LogP contribution in [0, 0.1) is 0 Å². The van der Waals surface area contributed by atoms with Crippen molar-refractivity contribution in [2.45, 2.75) is 38.5 Å². The zero-order valence-electron chi connectivity index (χ0n) is 15.1. The number of phenolic OH excluding ortho intramolecular Hbond substituents is 1. The molecule has 2 heterocycles. The molecule has 0 aliphatic carbocycles. The van der Waals surface area contributed by atoms with E-state index in [1.165, 1.54) is 0 Å². The number of ether oxygens (including phenoxy) is 1. The maximum atomic E-state index is 10.4. The Hall–Kier alpha value is -2.05. The van der Waals surface area contributed by atoms with Crippen LogP contribution >= 0.6 is 12.4 Å². The van der Waals surface area contributed by atoms with Crippen LogP contribution in [-0.4, -0.2) is 34.8 Å². The van der Waals surface area contributed by atoms with E-state index in [4.69, 9.17) is 10.5 Å².